The van der Waals surface area contributed by atoms with Crippen molar-refractivity contribution >= 4 is 27.7 Å². The molecular formula is C19H32N4O3S2. The molecule has 1 heterocycles. The molecule has 1 aliphatic rings. The standard InChI is InChI=1S/C19H32N4O3S2/c1-4-17-15-23(10-12-27-17)19(20-5-2)21-14-16-7-6-8-18(13-16)28(24,25)22-9-11-26-3/h6-8,13,17,22H,4-5,9-12,14-15H2,1-3H3,(H,20,21). The minimum absolute atomic E-state index is 0.247. The van der Waals surface area contributed by atoms with Gasteiger partial charge in [-0.05, 0) is 31.0 Å². The van der Waals surface area contributed by atoms with E-state index in [0.29, 0.717) is 18.4 Å². The van der Waals surface area contributed by atoms with Gasteiger partial charge >= 0.3 is 0 Å². The van der Waals surface area contributed by atoms with Crippen molar-refractivity contribution in [3.05, 3.63) is 29.8 Å². The molecule has 1 unspecified atom stereocenters. The fourth-order valence-corrected chi connectivity index (χ4v) is 5.19. The molecule has 9 heteroatoms. The Morgan fingerprint density at radius 1 is 1.39 bits per heavy atom. The van der Waals surface area contributed by atoms with E-state index in [1.807, 2.05) is 17.8 Å². The van der Waals surface area contributed by atoms with Crippen LogP contribution in [0.5, 0.6) is 0 Å². The minimum Gasteiger partial charge on any atom is -0.383 e. The molecule has 28 heavy (non-hydrogen) atoms. The van der Waals surface area contributed by atoms with Gasteiger partial charge in [0.25, 0.3) is 0 Å². The number of guanidine groups is 1. The van der Waals surface area contributed by atoms with E-state index in [1.165, 1.54) is 0 Å². The van der Waals surface area contributed by atoms with Gasteiger partial charge in [-0.1, -0.05) is 19.1 Å². The first-order valence-electron chi connectivity index (χ1n) is 9.72. The zero-order valence-electron chi connectivity index (χ0n) is 17.0. The van der Waals surface area contributed by atoms with Crippen LogP contribution in [0.4, 0.5) is 0 Å². The minimum atomic E-state index is -3.54. The van der Waals surface area contributed by atoms with Crippen molar-refractivity contribution in [1.82, 2.24) is 14.9 Å². The third-order valence-corrected chi connectivity index (χ3v) is 7.28. The van der Waals surface area contributed by atoms with E-state index in [9.17, 15) is 8.42 Å². The Hall–Kier alpha value is -1.29. The molecule has 0 aliphatic carbocycles. The number of hydrogen-bond acceptors (Lipinski definition) is 5. The quantitative estimate of drug-likeness (QED) is 0.355. The molecule has 1 atom stereocenters. The molecule has 1 aliphatic heterocycles. The largest absolute Gasteiger partial charge is 0.383 e. The van der Waals surface area contributed by atoms with Crippen LogP contribution in [0.25, 0.3) is 0 Å². The first kappa shape index (κ1) is 23.0. The van der Waals surface area contributed by atoms with Gasteiger partial charge in [0, 0.05) is 44.3 Å². The summed E-state index contributed by atoms with van der Waals surface area (Å²) in [7, 11) is -2.00. The summed E-state index contributed by atoms with van der Waals surface area (Å²) in [6, 6.07) is 6.94. The third-order valence-electron chi connectivity index (χ3n) is 4.45. The second-order valence-corrected chi connectivity index (χ2v) is 9.73. The highest BCUT2D eigenvalue weighted by molar-refractivity contribution is 8.00. The number of hydrogen-bond donors (Lipinski definition) is 2. The van der Waals surface area contributed by atoms with E-state index >= 15 is 0 Å². The van der Waals surface area contributed by atoms with Gasteiger partial charge < -0.3 is 15.0 Å². The van der Waals surface area contributed by atoms with E-state index in [-0.39, 0.29) is 11.4 Å². The Morgan fingerprint density at radius 3 is 2.93 bits per heavy atom. The van der Waals surface area contributed by atoms with Crippen LogP contribution in [0.3, 0.4) is 0 Å². The second kappa shape index (κ2) is 11.6. The summed E-state index contributed by atoms with van der Waals surface area (Å²) in [5.74, 6) is 2.00. The number of aliphatic imine (C=N–C) groups is 1. The zero-order chi connectivity index (χ0) is 20.4. The molecule has 0 radical (unpaired) electrons. The lowest BCUT2D eigenvalue weighted by atomic mass is 10.2. The van der Waals surface area contributed by atoms with Gasteiger partial charge in [0.1, 0.15) is 0 Å². The topological polar surface area (TPSA) is 83.0 Å². The van der Waals surface area contributed by atoms with Gasteiger partial charge in [-0.15, -0.1) is 0 Å². The van der Waals surface area contributed by atoms with Crippen LogP contribution in [-0.2, 0) is 21.3 Å². The molecule has 2 N–H and O–H groups in total. The van der Waals surface area contributed by atoms with Crippen LogP contribution in [0.2, 0.25) is 0 Å². The van der Waals surface area contributed by atoms with Crippen LogP contribution in [-0.4, -0.2) is 70.2 Å². The van der Waals surface area contributed by atoms with Crippen LogP contribution in [0.1, 0.15) is 25.8 Å². The summed E-state index contributed by atoms with van der Waals surface area (Å²) >= 11 is 2.02. The predicted octanol–water partition coefficient (Wildman–Crippen LogP) is 1.90. The van der Waals surface area contributed by atoms with Crippen molar-refractivity contribution in [3.8, 4) is 0 Å². The van der Waals surface area contributed by atoms with Gasteiger partial charge in [0.2, 0.25) is 10.0 Å². The Kier molecular flexibility index (Phi) is 9.57. The van der Waals surface area contributed by atoms with Crippen LogP contribution in [0.15, 0.2) is 34.2 Å². The normalized spacial score (nSPS) is 18.3. The number of methoxy groups -OCH3 is 1. The van der Waals surface area contributed by atoms with Gasteiger partial charge in [-0.3, -0.25) is 0 Å². The molecule has 0 bridgehead atoms. The number of nitrogens with zero attached hydrogens (tertiary/aromatic N) is 2. The monoisotopic (exact) mass is 428 g/mol. The number of benzene rings is 1. The molecule has 0 amide bonds. The zero-order valence-corrected chi connectivity index (χ0v) is 18.6. The number of ether oxygens (including phenoxy) is 1. The molecule has 1 aromatic rings. The summed E-state index contributed by atoms with van der Waals surface area (Å²) in [5, 5.41) is 4.00. The first-order chi connectivity index (χ1) is 13.5. The van der Waals surface area contributed by atoms with Gasteiger partial charge in [0.15, 0.2) is 5.96 Å². The third kappa shape index (κ3) is 6.95. The molecule has 0 aromatic heterocycles. The van der Waals surface area contributed by atoms with Crippen molar-refractivity contribution in [1.29, 1.82) is 0 Å². The summed E-state index contributed by atoms with van der Waals surface area (Å²) in [6.45, 7) is 8.07. The summed E-state index contributed by atoms with van der Waals surface area (Å²) in [6.07, 6.45) is 1.15. The van der Waals surface area contributed by atoms with Crippen LogP contribution >= 0.6 is 11.8 Å². The van der Waals surface area contributed by atoms with Gasteiger partial charge in [-0.2, -0.15) is 11.8 Å². The highest BCUT2D eigenvalue weighted by Gasteiger charge is 2.21. The molecular weight excluding hydrogens is 396 g/mol. The van der Waals surface area contributed by atoms with E-state index in [2.05, 4.69) is 28.8 Å². The van der Waals surface area contributed by atoms with Crippen molar-refractivity contribution in [2.75, 3.05) is 45.6 Å². The fourth-order valence-electron chi connectivity index (χ4n) is 2.92. The average Bonchev–Trinajstić information content (AvgIpc) is 2.71. The van der Waals surface area contributed by atoms with Crippen molar-refractivity contribution in [2.24, 2.45) is 4.99 Å². The van der Waals surface area contributed by atoms with E-state index in [4.69, 9.17) is 9.73 Å². The van der Waals surface area contributed by atoms with Crippen molar-refractivity contribution in [3.63, 3.8) is 0 Å². The predicted molar refractivity (Wildman–Crippen MR) is 116 cm³/mol. The Labute approximate surface area is 173 Å². The maximum absolute atomic E-state index is 12.4. The SMILES string of the molecule is CCNC(=NCc1cccc(S(=O)(=O)NCCOC)c1)N1CCSC(CC)C1. The number of nitrogens with one attached hydrogen (secondary N) is 2. The summed E-state index contributed by atoms with van der Waals surface area (Å²) in [5.41, 5.74) is 0.864. The lowest BCUT2D eigenvalue weighted by Crippen LogP contribution is -2.48. The highest BCUT2D eigenvalue weighted by Crippen LogP contribution is 2.21. The highest BCUT2D eigenvalue weighted by atomic mass is 32.2. The summed E-state index contributed by atoms with van der Waals surface area (Å²) in [4.78, 5) is 7.32. The van der Waals surface area contributed by atoms with E-state index in [1.54, 1.807) is 25.3 Å². The molecule has 1 aromatic carbocycles. The molecule has 7 nitrogen and oxygen atoms in total. The lowest BCUT2D eigenvalue weighted by molar-refractivity contribution is 0.204. The van der Waals surface area contributed by atoms with Crippen molar-refractivity contribution in [2.45, 2.75) is 37.0 Å². The van der Waals surface area contributed by atoms with Gasteiger partial charge in [-0.25, -0.2) is 18.1 Å². The number of thioether (sulfide) groups is 1. The molecule has 0 saturated carbocycles. The molecule has 1 saturated heterocycles. The maximum atomic E-state index is 12.4. The molecule has 0 spiro atoms. The number of sulfonamides is 1. The molecule has 2 rings (SSSR count). The number of rotatable bonds is 9. The van der Waals surface area contributed by atoms with E-state index < -0.39 is 10.0 Å². The summed E-state index contributed by atoms with van der Waals surface area (Å²) < 4.78 is 32.2. The Morgan fingerprint density at radius 2 is 2.21 bits per heavy atom. The Balaban J connectivity index is 2.10. The second-order valence-electron chi connectivity index (χ2n) is 6.56. The maximum Gasteiger partial charge on any atom is 0.240 e. The first-order valence-corrected chi connectivity index (χ1v) is 12.3. The van der Waals surface area contributed by atoms with Crippen LogP contribution < -0.4 is 10.0 Å². The lowest BCUT2D eigenvalue weighted by Gasteiger charge is -2.34. The smallest absolute Gasteiger partial charge is 0.240 e. The van der Waals surface area contributed by atoms with Gasteiger partial charge in [0.05, 0.1) is 18.0 Å². The van der Waals surface area contributed by atoms with Crippen molar-refractivity contribution < 1.29 is 13.2 Å². The van der Waals surface area contributed by atoms with E-state index in [0.717, 1.165) is 43.3 Å². The van der Waals surface area contributed by atoms with Crippen LogP contribution in [0, 0.1) is 0 Å². The Bertz CT molecular complexity index is 740. The average molecular weight is 429 g/mol. The molecule has 1 fully saturated rings. The fraction of sp³-hybridized carbons (Fsp3) is 0.632. The molecule has 158 valence electrons.